The number of carbonyl (C=O) groups is 7. The van der Waals surface area contributed by atoms with E-state index in [1.165, 1.54) is 99.1 Å². The molecule has 0 aliphatic heterocycles. The number of hydrogen-bond acceptors (Lipinski definition) is 26. The molecule has 0 fully saturated rings. The first-order valence-electron chi connectivity index (χ1n) is 42.7. The van der Waals surface area contributed by atoms with E-state index in [-0.39, 0.29) is 93.0 Å². The van der Waals surface area contributed by atoms with E-state index >= 15 is 0 Å². The number of esters is 1. The predicted molar refractivity (Wildman–Crippen MR) is 494 cm³/mol. The van der Waals surface area contributed by atoms with E-state index in [0.717, 1.165) is 93.1 Å². The maximum absolute atomic E-state index is 13.0. The molecule has 0 unspecified atom stereocenters. The van der Waals surface area contributed by atoms with Gasteiger partial charge in [-0.2, -0.15) is 5.10 Å². The molecular formula is C96H105F3N26O9. The summed E-state index contributed by atoms with van der Waals surface area (Å²) in [5.74, 6) is -1.75. The topological polar surface area (TPSA) is 446 Å². The van der Waals surface area contributed by atoms with Crippen LogP contribution in [0.25, 0.3) is 0 Å². The normalized spacial score (nSPS) is 10.4. The Morgan fingerprint density at radius 3 is 1.05 bits per heavy atom. The van der Waals surface area contributed by atoms with E-state index in [1.807, 2.05) is 196 Å². The van der Waals surface area contributed by atoms with Crippen molar-refractivity contribution in [2.24, 2.45) is 0 Å². The highest BCUT2D eigenvalue weighted by molar-refractivity contribution is 5.97. The van der Waals surface area contributed by atoms with Gasteiger partial charge in [0.25, 0.3) is 5.56 Å². The lowest BCUT2D eigenvalue weighted by atomic mass is 10.1. The van der Waals surface area contributed by atoms with Gasteiger partial charge in [-0.15, -0.1) is 35.7 Å². The second-order valence-electron chi connectivity index (χ2n) is 30.1. The minimum Gasteiger partial charge on any atom is -0.464 e. The third-order valence-electron chi connectivity index (χ3n) is 19.8. The number of aromatic amines is 1. The summed E-state index contributed by atoms with van der Waals surface area (Å²) in [4.78, 5) is 90.6. The number of nitrogens with two attached hydrogens (primary N) is 2. The zero-order chi connectivity index (χ0) is 96.8. The molecule has 0 amide bonds. The number of nitrogens with zero attached hydrogens (tertiary/aromatic N) is 23. The van der Waals surface area contributed by atoms with E-state index in [0.29, 0.717) is 80.6 Å². The lowest BCUT2D eigenvalue weighted by Crippen LogP contribution is -2.21. The molecule has 0 aliphatic rings. The number of benzene rings is 8. The van der Waals surface area contributed by atoms with Crippen molar-refractivity contribution in [2.75, 3.05) is 18.6 Å². The third-order valence-corrected chi connectivity index (χ3v) is 19.8. The maximum atomic E-state index is 13.0. The number of aryl methyl sites for hydroxylation is 1. The number of carbonyl (C=O) groups excluding carboxylic acids is 7. The first kappa shape index (κ1) is 101. The van der Waals surface area contributed by atoms with Crippen molar-refractivity contribution in [3.8, 4) is 0 Å². The SMILES string of the molecule is CC(=O)c1n[nH]n(Cc2ccccc2)c1=O.CC(=O)c1nnn(Cc2ccc(F)cc2)c1N.CC(=O)c1nnn(Cc2cccc(F)c2)c1N.CC(=O)c1nnn(Cc2ccccc2)c1C.CCCc1c(C(C)=O)nnn1Cc1ccccc1.CCc1c(C(=O)OC)nnn1Cc1ccccc1.CCc1c(C(C)=O)nnn1Cc1ccccc1.CCc1cn(Cc2cccc(F)c2)nn1. The average molecular weight is 1820 g/mol. The van der Waals surface area contributed by atoms with Crippen molar-refractivity contribution < 1.29 is 51.5 Å². The highest BCUT2D eigenvalue weighted by Crippen LogP contribution is 2.19. The van der Waals surface area contributed by atoms with Crippen LogP contribution >= 0.6 is 0 Å². The summed E-state index contributed by atoms with van der Waals surface area (Å²) >= 11 is 0. The van der Waals surface area contributed by atoms with Crippen molar-refractivity contribution >= 4 is 52.3 Å². The number of hydrogen-bond donors (Lipinski definition) is 3. The molecule has 5 N–H and O–H groups in total. The molecule has 694 valence electrons. The molecule has 134 heavy (non-hydrogen) atoms. The first-order valence-corrected chi connectivity index (χ1v) is 42.7. The molecule has 0 atom stereocenters. The Balaban J connectivity index is 0.000000172. The number of nitrogens with one attached hydrogen (secondary N) is 1. The highest BCUT2D eigenvalue weighted by Gasteiger charge is 2.22. The smallest absolute Gasteiger partial charge is 0.360 e. The lowest BCUT2D eigenvalue weighted by molar-refractivity contribution is 0.0591. The molecule has 35 nitrogen and oxygen atoms in total. The van der Waals surface area contributed by atoms with Gasteiger partial charge in [-0.3, -0.25) is 33.6 Å². The number of ketones is 6. The van der Waals surface area contributed by atoms with Gasteiger partial charge in [0.05, 0.1) is 87.9 Å². The first-order chi connectivity index (χ1) is 64.5. The van der Waals surface area contributed by atoms with E-state index in [2.05, 4.69) is 94.2 Å². The van der Waals surface area contributed by atoms with Crippen molar-refractivity contribution in [1.82, 2.24) is 120 Å². The summed E-state index contributed by atoms with van der Waals surface area (Å²) in [5, 5.41) is 60.9. The van der Waals surface area contributed by atoms with E-state index < -0.39 is 5.97 Å². The summed E-state index contributed by atoms with van der Waals surface area (Å²) in [6.45, 7) is 22.7. The molecule has 16 rings (SSSR count). The van der Waals surface area contributed by atoms with Crippen LogP contribution in [0.2, 0.25) is 0 Å². The van der Waals surface area contributed by atoms with Gasteiger partial charge in [-0.25, -0.2) is 60.6 Å². The van der Waals surface area contributed by atoms with Gasteiger partial charge in [0.2, 0.25) is 0 Å². The lowest BCUT2D eigenvalue weighted by Gasteiger charge is -2.06. The van der Waals surface area contributed by atoms with Crippen LogP contribution in [-0.4, -0.2) is 168 Å². The predicted octanol–water partition coefficient (Wildman–Crippen LogP) is 13.4. The molecule has 8 aromatic carbocycles. The van der Waals surface area contributed by atoms with E-state index in [9.17, 15) is 51.5 Å². The number of Topliss-reactive ketones (excluding diaryl/α,β-unsaturated/α-hetero) is 6. The molecule has 0 saturated carbocycles. The van der Waals surface area contributed by atoms with E-state index in [4.69, 9.17) is 11.5 Å². The Labute approximate surface area is 770 Å². The van der Waals surface area contributed by atoms with Gasteiger partial charge in [0.1, 0.15) is 17.5 Å². The molecule has 16 aromatic rings. The minimum atomic E-state index is -0.439. The molecule has 38 heteroatoms. The van der Waals surface area contributed by atoms with Crippen LogP contribution in [-0.2, 0) is 82.8 Å². The zero-order valence-electron chi connectivity index (χ0n) is 76.4. The van der Waals surface area contributed by atoms with Crippen molar-refractivity contribution in [3.63, 3.8) is 0 Å². The fourth-order valence-corrected chi connectivity index (χ4v) is 13.0. The molecule has 0 radical (unpaired) electrons. The van der Waals surface area contributed by atoms with Gasteiger partial charge in [0, 0.05) is 47.7 Å². The fraction of sp³-hybridized carbons (Fsp3) is 0.260. The summed E-state index contributed by atoms with van der Waals surface area (Å²) in [5.41, 5.74) is 25.5. The fourth-order valence-electron chi connectivity index (χ4n) is 13.0. The largest absolute Gasteiger partial charge is 0.464 e. The van der Waals surface area contributed by atoms with Crippen LogP contribution in [0.5, 0.6) is 0 Å². The molecule has 0 spiro atoms. The molecule has 8 aromatic heterocycles. The summed E-state index contributed by atoms with van der Waals surface area (Å²) in [6, 6.07) is 68.1. The Bertz CT molecular complexity index is 6560. The van der Waals surface area contributed by atoms with Crippen LogP contribution in [0, 0.1) is 24.4 Å². The molecular weight excluding hydrogens is 1720 g/mol. The highest BCUT2D eigenvalue weighted by atomic mass is 19.1. The molecule has 8 heterocycles. The Morgan fingerprint density at radius 1 is 0.343 bits per heavy atom. The van der Waals surface area contributed by atoms with Crippen molar-refractivity contribution in [2.45, 2.75) is 161 Å². The standard InChI is InChI=1S/C14H17N3O.C13H15N3O2.C13H15N3O.C12H13N3O.2C11H11FN4O.C11H12FN3.C11H11N3O2/c1-3-7-13-14(11(2)18)15-16-17(13)10-12-8-5-4-6-9-12;1-3-11-12(13(17)18-2)14-15-16(11)9-10-7-5-4-6-8-10;1-3-12-13(10(2)17)14-15-16(12)9-11-7-5-4-6-8-11;1-9-12(10(2)16)13-14-15(9)8-11-6-4-3-5-7-11;1-7(17)10-11(13)16(15-14-10)6-8-2-4-9(12)5-3-8;1-7(17)10-11(13)16(15-14-10)6-8-3-2-4-9(12)5-8;1-2-11-8-15(14-13-11)7-9-4-3-5-10(12)6-9;1-8(15)10-11(16)14(13-12-10)7-9-5-3-2-4-6-9/h4-6,8-9H,3,7,10H2,1-2H3;4-8H,3,9H2,1-2H3;4-8H,3,9H2,1-2H3;3-7H,8H2,1-2H3;2*2-5H,6,13H2,1H3;3-6,8H,2,7H2,1H3;2-6,13H,7H2,1H3. The number of anilines is 2. The minimum absolute atomic E-state index is 0.0160. The van der Waals surface area contributed by atoms with Crippen LogP contribution in [0.15, 0.2) is 235 Å². The van der Waals surface area contributed by atoms with Gasteiger partial charge >= 0.3 is 5.97 Å². The Morgan fingerprint density at radius 2 is 0.679 bits per heavy atom. The van der Waals surface area contributed by atoms with Crippen molar-refractivity contribution in [1.29, 1.82) is 0 Å². The summed E-state index contributed by atoms with van der Waals surface area (Å²) in [6.07, 6.45) is 5.99. The Hall–Kier alpha value is -16.4. The number of aromatic nitrogens is 24. The van der Waals surface area contributed by atoms with Crippen LogP contribution in [0.4, 0.5) is 24.8 Å². The van der Waals surface area contributed by atoms with Crippen LogP contribution < -0.4 is 17.0 Å². The average Bonchev–Trinajstić information content (AvgIpc) is 1.69. The number of nitrogen functional groups attached to an aromatic ring is 2. The number of halogens is 3. The second-order valence-corrected chi connectivity index (χ2v) is 30.1. The number of ether oxygens (including phenoxy) is 1. The van der Waals surface area contributed by atoms with Crippen molar-refractivity contribution in [3.05, 3.63) is 371 Å². The van der Waals surface area contributed by atoms with Gasteiger partial charge in [0.15, 0.2) is 86.2 Å². The molecule has 0 saturated heterocycles. The third kappa shape index (κ3) is 30.1. The van der Waals surface area contributed by atoms with E-state index in [1.54, 1.807) is 49.1 Å². The number of rotatable bonds is 28. The zero-order valence-corrected chi connectivity index (χ0v) is 76.4. The second kappa shape index (κ2) is 51.1. The Kier molecular flexibility index (Phi) is 38.6. The maximum Gasteiger partial charge on any atom is 0.360 e. The summed E-state index contributed by atoms with van der Waals surface area (Å²) in [7, 11) is 1.35. The van der Waals surface area contributed by atoms with Gasteiger partial charge in [-0.05, 0) is 114 Å². The monoisotopic (exact) mass is 1820 g/mol. The van der Waals surface area contributed by atoms with Crippen LogP contribution in [0.1, 0.15) is 222 Å². The van der Waals surface area contributed by atoms with Crippen LogP contribution in [0.3, 0.4) is 0 Å². The quantitative estimate of drug-likeness (QED) is 0.0303. The molecule has 0 aliphatic carbocycles. The number of H-pyrrole nitrogens is 1. The number of methoxy groups -OCH3 is 1. The molecule has 0 bridgehead atoms. The van der Waals surface area contributed by atoms with Gasteiger partial charge < -0.3 is 16.2 Å². The summed E-state index contributed by atoms with van der Waals surface area (Å²) < 4.78 is 56.2. The van der Waals surface area contributed by atoms with Gasteiger partial charge in [-0.1, -0.05) is 259 Å².